The number of phosphoric ester groups is 2. The van der Waals surface area contributed by atoms with Crippen molar-refractivity contribution in [2.45, 2.75) is 352 Å². The zero-order valence-electron chi connectivity index (χ0n) is 56.0. The van der Waals surface area contributed by atoms with Crippen LogP contribution in [0.15, 0.2) is 12.2 Å². The molecule has 0 aromatic heterocycles. The number of carbonyl (C=O) groups excluding carboxylic acids is 3. The molecule has 0 spiro atoms. The van der Waals surface area contributed by atoms with E-state index in [9.17, 15) is 48.2 Å². The van der Waals surface area contributed by atoms with E-state index in [0.29, 0.717) is 25.7 Å². The van der Waals surface area contributed by atoms with Crippen LogP contribution in [0.2, 0.25) is 0 Å². The molecule has 0 aromatic carbocycles. The Morgan fingerprint density at radius 2 is 0.921 bits per heavy atom. The molecule has 0 radical (unpaired) electrons. The van der Waals surface area contributed by atoms with Crippen molar-refractivity contribution in [2.75, 3.05) is 40.6 Å². The number of unbranched alkanes of at least 4 members (excludes halogenated alkanes) is 30. The lowest BCUT2D eigenvalue weighted by Crippen LogP contribution is -2.67. The summed E-state index contributed by atoms with van der Waals surface area (Å²) in [5.41, 5.74) is 0. The fourth-order valence-electron chi connectivity index (χ4n) is 11.7. The van der Waals surface area contributed by atoms with Gasteiger partial charge in [0.15, 0.2) is 12.6 Å². The van der Waals surface area contributed by atoms with Crippen molar-refractivity contribution in [1.29, 1.82) is 0 Å². The quantitative estimate of drug-likeness (QED) is 0.0129. The van der Waals surface area contributed by atoms with Crippen LogP contribution in [0.25, 0.3) is 0 Å². The highest BCUT2D eigenvalue weighted by atomic mass is 31.2. The van der Waals surface area contributed by atoms with Crippen LogP contribution in [0.4, 0.5) is 0 Å². The van der Waals surface area contributed by atoms with E-state index < -0.39 is 102 Å². The molecule has 2 heterocycles. The van der Waals surface area contributed by atoms with Crippen LogP contribution in [-0.2, 0) is 65.7 Å². The molecule has 2 fully saturated rings. The lowest BCUT2D eigenvalue weighted by molar-refractivity contribution is -0.301. The molecule has 21 nitrogen and oxygen atoms in total. The summed E-state index contributed by atoms with van der Waals surface area (Å²) in [5.74, 6) is -1.52. The van der Waals surface area contributed by atoms with Gasteiger partial charge in [-0.2, -0.15) is 0 Å². The maximum Gasteiger partial charge on any atom is 0.472 e. The molecule has 2 aliphatic heterocycles. The average molecular weight is 1310 g/mol. The van der Waals surface area contributed by atoms with Crippen molar-refractivity contribution in [3.8, 4) is 0 Å². The molecule has 0 aliphatic carbocycles. The number of aliphatic hydroxyl groups excluding tert-OH is 1. The number of methoxy groups -OCH3 is 2. The zero-order chi connectivity index (χ0) is 65.4. The van der Waals surface area contributed by atoms with Crippen LogP contribution in [0, 0.1) is 0 Å². The minimum atomic E-state index is -5.39. The Labute approximate surface area is 536 Å². The van der Waals surface area contributed by atoms with Crippen molar-refractivity contribution >= 4 is 33.2 Å². The molecule has 23 heteroatoms. The fourth-order valence-corrected chi connectivity index (χ4v) is 12.7. The topological polar surface area (TPSA) is 294 Å². The molecule has 2 saturated heterocycles. The first-order valence-corrected chi connectivity index (χ1v) is 38.1. The van der Waals surface area contributed by atoms with Gasteiger partial charge in [0.1, 0.15) is 54.5 Å². The van der Waals surface area contributed by atoms with E-state index in [0.717, 1.165) is 161 Å². The molecule has 0 bridgehead atoms. The third-order valence-electron chi connectivity index (χ3n) is 16.8. The van der Waals surface area contributed by atoms with Gasteiger partial charge in [0.05, 0.1) is 25.7 Å². The Bertz CT molecular complexity index is 1900. The van der Waals surface area contributed by atoms with Crippen LogP contribution in [0.5, 0.6) is 0 Å². The van der Waals surface area contributed by atoms with Gasteiger partial charge in [0.2, 0.25) is 11.8 Å². The highest BCUT2D eigenvalue weighted by Gasteiger charge is 2.53. The predicted octanol–water partition coefficient (Wildman–Crippen LogP) is 13.6. The Morgan fingerprint density at radius 3 is 1.45 bits per heavy atom. The smallest absolute Gasteiger partial charge is 0.388 e. The number of aliphatic hydroxyl groups is 1. The summed E-state index contributed by atoms with van der Waals surface area (Å²) < 4.78 is 79.3. The van der Waals surface area contributed by atoms with E-state index in [1.165, 1.54) is 58.5 Å². The van der Waals surface area contributed by atoms with E-state index in [2.05, 4.69) is 50.5 Å². The summed E-state index contributed by atoms with van der Waals surface area (Å²) >= 11 is 0. The number of ketones is 1. The fraction of sp³-hybridized carbons (Fsp3) is 0.924. The highest BCUT2D eigenvalue weighted by molar-refractivity contribution is 7.46. The van der Waals surface area contributed by atoms with Gasteiger partial charge in [-0.3, -0.25) is 23.4 Å². The lowest BCUT2D eigenvalue weighted by atomic mass is 9.95. The molecule has 1 unspecified atom stereocenters. The summed E-state index contributed by atoms with van der Waals surface area (Å²) in [4.78, 5) is 82.2. The third-order valence-corrected chi connectivity index (χ3v) is 17.8. The number of hydrogen-bond donors (Lipinski definition) is 7. The molecule has 0 saturated carbocycles. The molecule has 2 rings (SSSR count). The van der Waals surface area contributed by atoms with Gasteiger partial charge in [-0.05, 0) is 57.8 Å². The van der Waals surface area contributed by atoms with Gasteiger partial charge in [-0.1, -0.05) is 220 Å². The molecule has 11 atom stereocenters. The number of hydrogen-bond acceptors (Lipinski definition) is 15. The SMILES string of the molecule is CCCCCC/C=C\CCCCCCCCCC(=O)N[C@H]1[C@H](OC[C@H]2O[C@H](OP(=O)(O)O)[C@H](NC(=O)CC(=O)CCCCCCCCCCC)[C@@H](OCCCCCCCCCC)[C@@H]2O)OC(COC)[C@@H](OP(=O)(O)O)[C@@H]1OCC[C@@H](CCCCCCC)OC. The summed E-state index contributed by atoms with van der Waals surface area (Å²) in [7, 11) is -7.69. The van der Waals surface area contributed by atoms with Gasteiger partial charge in [0, 0.05) is 40.3 Å². The molecule has 2 amide bonds. The summed E-state index contributed by atoms with van der Waals surface area (Å²) in [6.45, 7) is 7.91. The monoisotopic (exact) mass is 1310 g/mol. The van der Waals surface area contributed by atoms with Gasteiger partial charge in [-0.25, -0.2) is 9.13 Å². The van der Waals surface area contributed by atoms with Crippen molar-refractivity contribution in [3.05, 3.63) is 12.2 Å². The first-order chi connectivity index (χ1) is 42.9. The minimum absolute atomic E-state index is 0.00889. The van der Waals surface area contributed by atoms with E-state index in [1.54, 1.807) is 7.11 Å². The number of nitrogens with one attached hydrogen (secondary N) is 2. The molecular weight excluding hydrogens is 1190 g/mol. The summed E-state index contributed by atoms with van der Waals surface area (Å²) in [6, 6.07) is -2.84. The first kappa shape index (κ1) is 83.3. The maximum atomic E-state index is 14.1. The van der Waals surface area contributed by atoms with E-state index in [4.69, 9.17) is 42.2 Å². The second-order valence-electron chi connectivity index (χ2n) is 24.8. The van der Waals surface area contributed by atoms with Crippen LogP contribution in [0.3, 0.4) is 0 Å². The Morgan fingerprint density at radius 1 is 0.472 bits per heavy atom. The van der Waals surface area contributed by atoms with Crippen molar-refractivity contribution in [2.24, 2.45) is 0 Å². The number of Topliss-reactive ketones (excluding diaryl/α,β-unsaturated/α-hetero) is 1. The van der Waals surface area contributed by atoms with Gasteiger partial charge >= 0.3 is 15.6 Å². The van der Waals surface area contributed by atoms with Crippen LogP contribution in [0.1, 0.15) is 285 Å². The van der Waals surface area contributed by atoms with E-state index in [-0.39, 0.29) is 44.5 Å². The highest BCUT2D eigenvalue weighted by Crippen LogP contribution is 2.44. The standard InChI is InChI=1S/C66H126N2O19P2/c1-7-11-15-19-22-25-26-27-28-29-30-32-34-38-42-46-57(70)67-60-64(82-49-47-54(80-6)45-41-36-18-14-10-4)62(86-88(73,74)75)56(51-79-5)85-65(60)83-52-55-61(72)63(81-48-43-39-35-24-21-17-13-9-3)59(66(84-55)87-89(76,77)78)68-58(71)50-53(69)44-40-37-33-31-23-20-16-12-8-2/h25-26,54-56,59-66,72H,7-24,27-52H2,1-6H3,(H,67,70)(H,68,71)(H2,73,74,75)(H2,76,77,78)/b26-25-/t54-,55-,56?,59-,60-,61-,62-,63-,64-,65-,66-/m1/s1. The number of allylic oxidation sites excluding steroid dienone is 2. The van der Waals surface area contributed by atoms with Crippen LogP contribution in [-0.4, -0.2) is 150 Å². The number of carbonyl (C=O) groups is 3. The van der Waals surface area contributed by atoms with Gasteiger partial charge in [-0.15, -0.1) is 0 Å². The molecule has 7 N–H and O–H groups in total. The zero-order valence-corrected chi connectivity index (χ0v) is 57.8. The van der Waals surface area contributed by atoms with Gasteiger partial charge in [0.25, 0.3) is 0 Å². The van der Waals surface area contributed by atoms with Crippen molar-refractivity contribution in [3.63, 3.8) is 0 Å². The second kappa shape index (κ2) is 52.5. The van der Waals surface area contributed by atoms with E-state index >= 15 is 0 Å². The molecular formula is C66H126N2O19P2. The lowest BCUT2D eigenvalue weighted by Gasteiger charge is -2.47. The van der Waals surface area contributed by atoms with Crippen molar-refractivity contribution < 1.29 is 90.4 Å². The Hall–Kier alpha value is -1.75. The van der Waals surface area contributed by atoms with Gasteiger partial charge < -0.3 is 68.5 Å². The first-order valence-electron chi connectivity index (χ1n) is 35.0. The predicted molar refractivity (Wildman–Crippen MR) is 347 cm³/mol. The average Bonchev–Trinajstić information content (AvgIpc) is 0.966. The number of phosphoric acid groups is 2. The van der Waals surface area contributed by atoms with E-state index in [1.807, 2.05) is 0 Å². The summed E-state index contributed by atoms with van der Waals surface area (Å²) in [5, 5.41) is 17.9. The number of rotatable bonds is 59. The molecule has 2 aliphatic rings. The Balaban J connectivity index is 2.45. The maximum absolute atomic E-state index is 14.1. The van der Waals surface area contributed by atoms with Crippen molar-refractivity contribution in [1.82, 2.24) is 10.6 Å². The Kier molecular flexibility index (Phi) is 49.2. The van der Waals surface area contributed by atoms with Crippen LogP contribution >= 0.6 is 15.6 Å². The normalized spacial score (nSPS) is 22.9. The second-order valence-corrected chi connectivity index (χ2v) is 27.2. The molecule has 0 aromatic rings. The molecule has 524 valence electrons. The number of ether oxygens (including phenoxy) is 7. The van der Waals surface area contributed by atoms with Crippen LogP contribution < -0.4 is 10.6 Å². The summed E-state index contributed by atoms with van der Waals surface area (Å²) in [6.07, 6.45) is 29.6. The number of amides is 2. The minimum Gasteiger partial charge on any atom is -0.388 e. The molecule has 89 heavy (non-hydrogen) atoms. The largest absolute Gasteiger partial charge is 0.472 e. The third kappa shape index (κ3) is 41.0.